The predicted molar refractivity (Wildman–Crippen MR) is 79.2 cm³/mol. The number of rotatable bonds is 5. The molecule has 1 aromatic rings. The smallest absolute Gasteiger partial charge is 0.323 e. The van der Waals surface area contributed by atoms with Crippen molar-refractivity contribution in [1.82, 2.24) is 5.32 Å². The van der Waals surface area contributed by atoms with Crippen LogP contribution in [0, 0.1) is 0 Å². The van der Waals surface area contributed by atoms with Crippen molar-refractivity contribution in [2.75, 3.05) is 0 Å². The number of carbonyl (C=O) groups excluding carboxylic acids is 1. The Balaban J connectivity index is 2.65. The molecule has 0 aliphatic heterocycles. The highest BCUT2D eigenvalue weighted by atomic mass is 16.6. The van der Waals surface area contributed by atoms with E-state index >= 15 is 0 Å². The molecule has 112 valence electrons. The summed E-state index contributed by atoms with van der Waals surface area (Å²) in [7, 11) is 0. The average Bonchev–Trinajstić information content (AvgIpc) is 2.36. The minimum absolute atomic E-state index is 0.00372. The van der Waals surface area contributed by atoms with E-state index in [9.17, 15) is 4.79 Å². The summed E-state index contributed by atoms with van der Waals surface area (Å²) >= 11 is 0. The van der Waals surface area contributed by atoms with Crippen LogP contribution in [-0.4, -0.2) is 22.7 Å². The highest BCUT2D eigenvalue weighted by Crippen LogP contribution is 2.16. The summed E-state index contributed by atoms with van der Waals surface area (Å²) in [6, 6.07) is 7.29. The largest absolute Gasteiger partial charge is 0.459 e. The van der Waals surface area contributed by atoms with E-state index in [0.29, 0.717) is 0 Å². The van der Waals surface area contributed by atoms with E-state index in [1.165, 1.54) is 0 Å². The third-order valence-electron chi connectivity index (χ3n) is 2.89. The third-order valence-corrected chi connectivity index (χ3v) is 2.89. The molecule has 20 heavy (non-hydrogen) atoms. The van der Waals surface area contributed by atoms with Gasteiger partial charge >= 0.3 is 5.97 Å². The molecule has 0 fully saturated rings. The molecule has 0 saturated carbocycles. The summed E-state index contributed by atoms with van der Waals surface area (Å²) < 4.78 is 5.34. The van der Waals surface area contributed by atoms with Crippen LogP contribution in [0.2, 0.25) is 0 Å². The first-order chi connectivity index (χ1) is 9.23. The maximum atomic E-state index is 11.9. The van der Waals surface area contributed by atoms with Crippen molar-refractivity contribution in [3.8, 4) is 0 Å². The number of benzene rings is 1. The Morgan fingerprint density at radius 1 is 1.35 bits per heavy atom. The van der Waals surface area contributed by atoms with Crippen LogP contribution >= 0.6 is 0 Å². The van der Waals surface area contributed by atoms with Gasteiger partial charge in [0, 0.05) is 6.04 Å². The van der Waals surface area contributed by atoms with Gasteiger partial charge in [-0.1, -0.05) is 24.3 Å². The molecule has 0 heterocycles. The van der Waals surface area contributed by atoms with Gasteiger partial charge in [0.15, 0.2) is 0 Å². The van der Waals surface area contributed by atoms with Crippen LogP contribution in [0.3, 0.4) is 0 Å². The van der Waals surface area contributed by atoms with Gasteiger partial charge in [0.2, 0.25) is 0 Å². The molecule has 4 heteroatoms. The summed E-state index contributed by atoms with van der Waals surface area (Å²) in [5.41, 5.74) is 1.42. The Morgan fingerprint density at radius 3 is 2.55 bits per heavy atom. The normalized spacial score (nSPS) is 14.7. The van der Waals surface area contributed by atoms with Crippen LogP contribution in [0.25, 0.3) is 0 Å². The lowest BCUT2D eigenvalue weighted by Gasteiger charge is -2.25. The number of hydrogen-bond donors (Lipinski definition) is 2. The molecule has 0 aliphatic rings. The van der Waals surface area contributed by atoms with Crippen molar-refractivity contribution in [3.63, 3.8) is 0 Å². The second-order valence-electron chi connectivity index (χ2n) is 6.05. The lowest BCUT2D eigenvalue weighted by molar-refractivity contribution is -0.157. The Morgan fingerprint density at radius 2 is 2.00 bits per heavy atom. The molecular weight excluding hydrogens is 254 g/mol. The van der Waals surface area contributed by atoms with Crippen molar-refractivity contribution in [2.45, 2.75) is 58.9 Å². The molecule has 2 N–H and O–H groups in total. The van der Waals surface area contributed by atoms with Gasteiger partial charge in [-0.05, 0) is 45.7 Å². The fourth-order valence-corrected chi connectivity index (χ4v) is 1.89. The standard InChI is InChI=1S/C16H25NO3/c1-11(14-8-6-7-13(9-14)10-18)17-12(2)15(19)20-16(3,4)5/h6-9,11-12,17-18H,10H2,1-5H3/t11?,12-/m0/s1. The lowest BCUT2D eigenvalue weighted by atomic mass is 10.0. The SMILES string of the molecule is CC(N[C@@H](C)C(=O)OC(C)(C)C)c1cccc(CO)c1. The summed E-state index contributed by atoms with van der Waals surface area (Å²) in [6.07, 6.45) is 0. The van der Waals surface area contributed by atoms with Gasteiger partial charge in [-0.3, -0.25) is 10.1 Å². The summed E-state index contributed by atoms with van der Waals surface area (Å²) in [4.78, 5) is 11.9. The second-order valence-corrected chi connectivity index (χ2v) is 6.05. The Kier molecular flexibility index (Phi) is 5.72. The molecule has 1 rings (SSSR count). The van der Waals surface area contributed by atoms with Gasteiger partial charge in [-0.15, -0.1) is 0 Å². The monoisotopic (exact) mass is 279 g/mol. The fourth-order valence-electron chi connectivity index (χ4n) is 1.89. The number of nitrogens with one attached hydrogen (secondary N) is 1. The van der Waals surface area contributed by atoms with Crippen molar-refractivity contribution >= 4 is 5.97 Å². The van der Waals surface area contributed by atoms with Crippen LogP contribution in [0.1, 0.15) is 51.8 Å². The third kappa shape index (κ3) is 5.31. The molecule has 0 aromatic heterocycles. The Hall–Kier alpha value is -1.39. The van der Waals surface area contributed by atoms with Crippen LogP contribution < -0.4 is 5.32 Å². The van der Waals surface area contributed by atoms with Crippen LogP contribution in [-0.2, 0) is 16.1 Å². The zero-order valence-corrected chi connectivity index (χ0v) is 12.9. The lowest BCUT2D eigenvalue weighted by Crippen LogP contribution is -2.40. The van der Waals surface area contributed by atoms with E-state index in [1.807, 2.05) is 52.0 Å². The van der Waals surface area contributed by atoms with Gasteiger partial charge < -0.3 is 9.84 Å². The molecule has 0 spiro atoms. The van der Waals surface area contributed by atoms with E-state index in [-0.39, 0.29) is 24.7 Å². The van der Waals surface area contributed by atoms with Crippen molar-refractivity contribution in [3.05, 3.63) is 35.4 Å². The number of esters is 1. The second kappa shape index (κ2) is 6.86. The molecular formula is C16H25NO3. The Bertz CT molecular complexity index is 451. The predicted octanol–water partition coefficient (Wildman–Crippen LogP) is 2.56. The van der Waals surface area contributed by atoms with E-state index in [0.717, 1.165) is 11.1 Å². The van der Waals surface area contributed by atoms with Gasteiger partial charge in [0.1, 0.15) is 11.6 Å². The van der Waals surface area contributed by atoms with Gasteiger partial charge in [0.05, 0.1) is 6.61 Å². The Labute approximate surface area is 121 Å². The number of ether oxygens (including phenoxy) is 1. The highest BCUT2D eigenvalue weighted by molar-refractivity contribution is 5.75. The fraction of sp³-hybridized carbons (Fsp3) is 0.562. The van der Waals surface area contributed by atoms with Gasteiger partial charge in [-0.25, -0.2) is 0 Å². The number of aliphatic hydroxyl groups is 1. The van der Waals surface area contributed by atoms with E-state index < -0.39 is 5.60 Å². The van der Waals surface area contributed by atoms with Crippen LogP contribution in [0.4, 0.5) is 0 Å². The van der Waals surface area contributed by atoms with Crippen molar-refractivity contribution in [2.24, 2.45) is 0 Å². The van der Waals surface area contributed by atoms with Gasteiger partial charge in [0.25, 0.3) is 0 Å². The van der Waals surface area contributed by atoms with E-state index in [1.54, 1.807) is 6.92 Å². The molecule has 0 saturated heterocycles. The summed E-state index contributed by atoms with van der Waals surface area (Å²) in [5.74, 6) is -0.261. The minimum Gasteiger partial charge on any atom is -0.459 e. The van der Waals surface area contributed by atoms with Crippen LogP contribution in [0.15, 0.2) is 24.3 Å². The zero-order valence-electron chi connectivity index (χ0n) is 12.9. The molecule has 2 atom stereocenters. The zero-order chi connectivity index (χ0) is 15.3. The molecule has 0 amide bonds. The molecule has 0 aliphatic carbocycles. The van der Waals surface area contributed by atoms with Gasteiger partial charge in [-0.2, -0.15) is 0 Å². The maximum absolute atomic E-state index is 11.9. The van der Waals surface area contributed by atoms with Crippen LogP contribution in [0.5, 0.6) is 0 Å². The summed E-state index contributed by atoms with van der Waals surface area (Å²) in [5, 5.41) is 12.4. The quantitative estimate of drug-likeness (QED) is 0.813. The number of aliphatic hydroxyl groups excluding tert-OH is 1. The van der Waals surface area contributed by atoms with E-state index in [2.05, 4.69) is 5.32 Å². The number of hydrogen-bond acceptors (Lipinski definition) is 4. The minimum atomic E-state index is -0.479. The first-order valence-electron chi connectivity index (χ1n) is 6.91. The maximum Gasteiger partial charge on any atom is 0.323 e. The first-order valence-corrected chi connectivity index (χ1v) is 6.91. The molecule has 0 bridgehead atoms. The van der Waals surface area contributed by atoms with Crippen molar-refractivity contribution in [1.29, 1.82) is 0 Å². The molecule has 1 unspecified atom stereocenters. The highest BCUT2D eigenvalue weighted by Gasteiger charge is 2.23. The average molecular weight is 279 g/mol. The summed E-state index contributed by atoms with van der Waals surface area (Å²) in [6.45, 7) is 9.35. The topological polar surface area (TPSA) is 58.6 Å². The molecule has 0 radical (unpaired) electrons. The number of carbonyl (C=O) groups is 1. The molecule has 4 nitrogen and oxygen atoms in total. The van der Waals surface area contributed by atoms with Crippen molar-refractivity contribution < 1.29 is 14.6 Å². The first kappa shape index (κ1) is 16.7. The molecule has 1 aromatic carbocycles. The van der Waals surface area contributed by atoms with E-state index in [4.69, 9.17) is 9.84 Å².